The Morgan fingerprint density at radius 3 is 2.67 bits per heavy atom. The average molecular weight is 398 g/mol. The molecule has 0 saturated heterocycles. The smallest absolute Gasteiger partial charge is 0.285 e. The molecule has 3 atom stereocenters. The average Bonchev–Trinajstić information content (AvgIpc) is 2.60. The summed E-state index contributed by atoms with van der Waals surface area (Å²) in [6.45, 7) is 2.52. The van der Waals surface area contributed by atoms with Gasteiger partial charge in [-0.1, -0.05) is 28.1 Å². The lowest BCUT2D eigenvalue weighted by atomic mass is 9.80. The van der Waals surface area contributed by atoms with Gasteiger partial charge >= 0.3 is 0 Å². The van der Waals surface area contributed by atoms with Crippen molar-refractivity contribution in [2.45, 2.75) is 32.0 Å². The van der Waals surface area contributed by atoms with Gasteiger partial charge in [-0.15, -0.1) is 0 Å². The zero-order valence-corrected chi connectivity index (χ0v) is 15.6. The lowest BCUT2D eigenvalue weighted by Gasteiger charge is -2.37. The van der Waals surface area contributed by atoms with E-state index in [0.717, 1.165) is 16.5 Å². The highest BCUT2D eigenvalue weighted by atomic mass is 79.9. The first-order chi connectivity index (χ1) is 11.6. The third-order valence-electron chi connectivity index (χ3n) is 4.12. The first-order valence-electron chi connectivity index (χ1n) is 8.19. The standard InChI is InChI=1S/C18H24BrNO4/c1-3-23-18-14(5-4-10-21)15(11-16(24-18)17(22)20-2)12-6-8-13(19)9-7-12/h6-9,11,14-15,18,21H,3-5,10H2,1-2H3,(H,20,22)/t14-,15+,18+/m1/s1. The number of aliphatic hydroxyl groups is 1. The Labute approximate surface area is 151 Å². The van der Waals surface area contributed by atoms with E-state index in [1.165, 1.54) is 0 Å². The van der Waals surface area contributed by atoms with E-state index in [-0.39, 0.29) is 30.1 Å². The van der Waals surface area contributed by atoms with Crippen LogP contribution in [0.4, 0.5) is 0 Å². The molecule has 1 aliphatic heterocycles. The quantitative estimate of drug-likeness (QED) is 0.741. The fourth-order valence-corrected chi connectivity index (χ4v) is 3.22. The van der Waals surface area contributed by atoms with Crippen LogP contribution >= 0.6 is 15.9 Å². The molecule has 2 rings (SSSR count). The predicted octanol–water partition coefficient (Wildman–Crippen LogP) is 2.94. The van der Waals surface area contributed by atoms with Gasteiger partial charge in [0.25, 0.3) is 5.91 Å². The van der Waals surface area contributed by atoms with Crippen molar-refractivity contribution in [1.29, 1.82) is 0 Å². The number of rotatable bonds is 7. The summed E-state index contributed by atoms with van der Waals surface area (Å²) in [7, 11) is 1.58. The van der Waals surface area contributed by atoms with Gasteiger partial charge in [0.05, 0.1) is 0 Å². The topological polar surface area (TPSA) is 67.8 Å². The molecule has 1 aromatic carbocycles. The number of likely N-dealkylation sites (N-methyl/N-ethyl adjacent to an activating group) is 1. The molecule has 24 heavy (non-hydrogen) atoms. The second kappa shape index (κ2) is 9.20. The second-order valence-corrected chi connectivity index (χ2v) is 6.57. The first-order valence-corrected chi connectivity index (χ1v) is 8.98. The van der Waals surface area contributed by atoms with Crippen molar-refractivity contribution in [2.24, 2.45) is 5.92 Å². The first kappa shape index (κ1) is 19.0. The number of amides is 1. The summed E-state index contributed by atoms with van der Waals surface area (Å²) in [6, 6.07) is 8.04. The number of benzene rings is 1. The van der Waals surface area contributed by atoms with Crippen LogP contribution in [0.15, 0.2) is 40.6 Å². The Bertz CT molecular complexity index is 573. The van der Waals surface area contributed by atoms with E-state index in [9.17, 15) is 9.90 Å². The maximum Gasteiger partial charge on any atom is 0.285 e. The third-order valence-corrected chi connectivity index (χ3v) is 4.65. The highest BCUT2D eigenvalue weighted by Gasteiger charge is 2.37. The van der Waals surface area contributed by atoms with E-state index in [4.69, 9.17) is 9.47 Å². The minimum atomic E-state index is -0.507. The van der Waals surface area contributed by atoms with Gasteiger partial charge in [-0.3, -0.25) is 4.79 Å². The Morgan fingerprint density at radius 1 is 1.38 bits per heavy atom. The van der Waals surface area contributed by atoms with Crippen LogP contribution in [0.5, 0.6) is 0 Å². The monoisotopic (exact) mass is 397 g/mol. The van der Waals surface area contributed by atoms with E-state index in [1.807, 2.05) is 37.3 Å². The predicted molar refractivity (Wildman–Crippen MR) is 95.3 cm³/mol. The van der Waals surface area contributed by atoms with E-state index in [1.54, 1.807) is 7.05 Å². The van der Waals surface area contributed by atoms with Crippen LogP contribution in [-0.4, -0.2) is 37.6 Å². The van der Waals surface area contributed by atoms with Crippen molar-refractivity contribution >= 4 is 21.8 Å². The van der Waals surface area contributed by atoms with Gasteiger partial charge in [0.1, 0.15) is 0 Å². The van der Waals surface area contributed by atoms with Crippen LogP contribution in [0.25, 0.3) is 0 Å². The maximum atomic E-state index is 12.1. The fraction of sp³-hybridized carbons (Fsp3) is 0.500. The molecule has 6 heteroatoms. The van der Waals surface area contributed by atoms with Gasteiger partial charge in [0.15, 0.2) is 5.76 Å². The summed E-state index contributed by atoms with van der Waals surface area (Å²) >= 11 is 3.45. The second-order valence-electron chi connectivity index (χ2n) is 5.66. The number of hydrogen-bond acceptors (Lipinski definition) is 4. The summed E-state index contributed by atoms with van der Waals surface area (Å²) in [5.74, 6) is 0.0421. The summed E-state index contributed by atoms with van der Waals surface area (Å²) < 4.78 is 12.6. The Morgan fingerprint density at radius 2 is 2.08 bits per heavy atom. The number of nitrogens with one attached hydrogen (secondary N) is 1. The van der Waals surface area contributed by atoms with Crippen LogP contribution in [0.1, 0.15) is 31.2 Å². The van der Waals surface area contributed by atoms with Gasteiger partial charge in [0, 0.05) is 36.6 Å². The lowest BCUT2D eigenvalue weighted by Crippen LogP contribution is -2.38. The highest BCUT2D eigenvalue weighted by Crippen LogP contribution is 2.39. The normalized spacial score (nSPS) is 23.3. The van der Waals surface area contributed by atoms with Gasteiger partial charge < -0.3 is 19.9 Å². The van der Waals surface area contributed by atoms with E-state index >= 15 is 0 Å². The molecule has 132 valence electrons. The molecule has 1 amide bonds. The van der Waals surface area contributed by atoms with Crippen molar-refractivity contribution in [3.8, 4) is 0 Å². The van der Waals surface area contributed by atoms with Crippen molar-refractivity contribution in [1.82, 2.24) is 5.32 Å². The zero-order chi connectivity index (χ0) is 17.5. The number of carbonyl (C=O) groups excluding carboxylic acids is 1. The Balaban J connectivity index is 2.39. The molecule has 0 saturated carbocycles. The summed E-state index contributed by atoms with van der Waals surface area (Å²) in [5, 5.41) is 11.8. The molecular weight excluding hydrogens is 374 g/mol. The molecule has 0 aromatic heterocycles. The number of aliphatic hydroxyl groups excluding tert-OH is 1. The SMILES string of the molecule is CCO[C@H]1OC(C(=O)NC)=C[C@@H](c2ccc(Br)cc2)[C@H]1CCCO. The summed E-state index contributed by atoms with van der Waals surface area (Å²) in [4.78, 5) is 12.1. The lowest BCUT2D eigenvalue weighted by molar-refractivity contribution is -0.166. The maximum absolute atomic E-state index is 12.1. The van der Waals surface area contributed by atoms with Crippen LogP contribution in [0, 0.1) is 5.92 Å². The molecule has 0 radical (unpaired) electrons. The van der Waals surface area contributed by atoms with E-state index < -0.39 is 6.29 Å². The molecule has 5 nitrogen and oxygen atoms in total. The van der Waals surface area contributed by atoms with Crippen molar-refractivity contribution < 1.29 is 19.4 Å². The Kier molecular flexibility index (Phi) is 7.27. The molecule has 0 aliphatic carbocycles. The Hall–Kier alpha value is -1.37. The molecule has 1 aliphatic rings. The molecule has 0 bridgehead atoms. The zero-order valence-electron chi connectivity index (χ0n) is 14.0. The summed E-state index contributed by atoms with van der Waals surface area (Å²) in [5.41, 5.74) is 1.09. The van der Waals surface area contributed by atoms with Crippen molar-refractivity contribution in [2.75, 3.05) is 20.3 Å². The number of ether oxygens (including phenoxy) is 2. The minimum absolute atomic E-state index is 0.0118. The molecule has 1 heterocycles. The van der Waals surface area contributed by atoms with E-state index in [2.05, 4.69) is 21.2 Å². The summed E-state index contributed by atoms with van der Waals surface area (Å²) in [6.07, 6.45) is 2.76. The van der Waals surface area contributed by atoms with Gasteiger partial charge in [0.2, 0.25) is 6.29 Å². The van der Waals surface area contributed by atoms with Gasteiger partial charge in [-0.05, 0) is 43.5 Å². The highest BCUT2D eigenvalue weighted by molar-refractivity contribution is 9.10. The van der Waals surface area contributed by atoms with E-state index in [0.29, 0.717) is 13.0 Å². The number of hydrogen-bond donors (Lipinski definition) is 2. The fourth-order valence-electron chi connectivity index (χ4n) is 2.95. The van der Waals surface area contributed by atoms with Gasteiger partial charge in [-0.25, -0.2) is 0 Å². The van der Waals surface area contributed by atoms with Crippen LogP contribution < -0.4 is 5.32 Å². The molecule has 0 unspecified atom stereocenters. The van der Waals surface area contributed by atoms with Crippen LogP contribution in [0.3, 0.4) is 0 Å². The largest absolute Gasteiger partial charge is 0.459 e. The molecule has 1 aromatic rings. The molecule has 0 fully saturated rings. The van der Waals surface area contributed by atoms with Crippen molar-refractivity contribution in [3.05, 3.63) is 46.1 Å². The van der Waals surface area contributed by atoms with Crippen molar-refractivity contribution in [3.63, 3.8) is 0 Å². The molecular formula is C18H24BrNO4. The van der Waals surface area contributed by atoms with Crippen LogP contribution in [-0.2, 0) is 14.3 Å². The number of allylic oxidation sites excluding steroid dienone is 1. The molecule has 2 N–H and O–H groups in total. The molecule has 0 spiro atoms. The number of carbonyl (C=O) groups is 1. The third kappa shape index (κ3) is 4.59. The van der Waals surface area contributed by atoms with Gasteiger partial charge in [-0.2, -0.15) is 0 Å². The minimum Gasteiger partial charge on any atom is -0.459 e. The van der Waals surface area contributed by atoms with Crippen LogP contribution in [0.2, 0.25) is 0 Å². The number of halogens is 1.